The van der Waals surface area contributed by atoms with Crippen LogP contribution in [-0.2, 0) is 11.8 Å². The van der Waals surface area contributed by atoms with E-state index in [-0.39, 0.29) is 11.5 Å². The Morgan fingerprint density at radius 1 is 1.38 bits per heavy atom. The maximum Gasteiger partial charge on any atom is 0.270 e. The van der Waals surface area contributed by atoms with E-state index in [1.165, 1.54) is 0 Å². The van der Waals surface area contributed by atoms with Crippen LogP contribution in [0, 0.1) is 12.8 Å². The molecule has 0 bridgehead atoms. The van der Waals surface area contributed by atoms with Crippen molar-refractivity contribution in [1.29, 1.82) is 0 Å². The van der Waals surface area contributed by atoms with Crippen LogP contribution in [0.5, 0.6) is 0 Å². The average Bonchev–Trinajstić information content (AvgIpc) is 3.21. The van der Waals surface area contributed by atoms with Crippen molar-refractivity contribution in [2.75, 3.05) is 31.6 Å². The molecule has 1 N–H and O–H groups in total. The fourth-order valence-electron chi connectivity index (χ4n) is 3.97. The van der Waals surface area contributed by atoms with Crippen molar-refractivity contribution >= 4 is 11.9 Å². The van der Waals surface area contributed by atoms with Gasteiger partial charge in [-0.2, -0.15) is 0 Å². The molecular formula is C19H25N5O2. The summed E-state index contributed by atoms with van der Waals surface area (Å²) >= 11 is 0. The first-order valence-corrected chi connectivity index (χ1v) is 9.14. The second-order valence-electron chi connectivity index (χ2n) is 7.36. The lowest BCUT2D eigenvalue weighted by Gasteiger charge is -2.50. The molecule has 2 saturated heterocycles. The fraction of sp³-hybridized carbons (Fsp3) is 0.526. The Morgan fingerprint density at radius 3 is 2.85 bits per heavy atom. The quantitative estimate of drug-likeness (QED) is 0.886. The number of aryl methyl sites for hydroxylation is 2. The minimum Gasteiger partial charge on any atom is -0.371 e. The van der Waals surface area contributed by atoms with E-state index >= 15 is 0 Å². The second-order valence-corrected chi connectivity index (χ2v) is 7.36. The number of carbonyl (C=O) groups excluding carboxylic acids is 1. The van der Waals surface area contributed by atoms with Gasteiger partial charge in [-0.3, -0.25) is 4.79 Å². The number of hydrogen-bond acceptors (Lipinski definition) is 5. The number of hydrogen-bond donors (Lipinski definition) is 1. The highest BCUT2D eigenvalue weighted by Gasteiger charge is 2.54. The van der Waals surface area contributed by atoms with Crippen LogP contribution >= 0.6 is 0 Å². The van der Waals surface area contributed by atoms with Crippen LogP contribution in [-0.4, -0.2) is 57.2 Å². The molecule has 2 aromatic heterocycles. The predicted octanol–water partition coefficient (Wildman–Crippen LogP) is 1.86. The lowest BCUT2D eigenvalue weighted by atomic mass is 9.79. The second kappa shape index (κ2) is 6.72. The van der Waals surface area contributed by atoms with Gasteiger partial charge >= 0.3 is 0 Å². The molecule has 2 fully saturated rings. The van der Waals surface area contributed by atoms with Gasteiger partial charge in [-0.1, -0.05) is 0 Å². The SMILES string of the molecule is Cc1cnc(NCCC2CCOC23CN(C(=O)c2cccn2C)C3)nc1. The van der Waals surface area contributed by atoms with E-state index in [0.717, 1.165) is 37.3 Å². The lowest BCUT2D eigenvalue weighted by molar-refractivity contribution is -0.117. The van der Waals surface area contributed by atoms with E-state index in [4.69, 9.17) is 4.74 Å². The molecule has 2 aliphatic heterocycles. The van der Waals surface area contributed by atoms with Gasteiger partial charge in [0.1, 0.15) is 11.3 Å². The van der Waals surface area contributed by atoms with Crippen molar-refractivity contribution in [2.24, 2.45) is 13.0 Å². The molecule has 0 saturated carbocycles. The monoisotopic (exact) mass is 355 g/mol. The van der Waals surface area contributed by atoms with Gasteiger partial charge in [-0.15, -0.1) is 0 Å². The number of carbonyl (C=O) groups is 1. The van der Waals surface area contributed by atoms with E-state index in [2.05, 4.69) is 15.3 Å². The van der Waals surface area contributed by atoms with E-state index in [0.29, 0.717) is 25.0 Å². The van der Waals surface area contributed by atoms with Crippen LogP contribution in [0.4, 0.5) is 5.95 Å². The molecule has 26 heavy (non-hydrogen) atoms. The molecule has 2 aliphatic rings. The highest BCUT2D eigenvalue weighted by molar-refractivity contribution is 5.93. The molecule has 1 amide bonds. The summed E-state index contributed by atoms with van der Waals surface area (Å²) in [6.07, 6.45) is 7.56. The number of rotatable bonds is 5. The molecule has 138 valence electrons. The van der Waals surface area contributed by atoms with Gasteiger partial charge in [0.05, 0.1) is 13.1 Å². The molecular weight excluding hydrogens is 330 g/mol. The summed E-state index contributed by atoms with van der Waals surface area (Å²) in [5.41, 5.74) is 1.61. The minimum atomic E-state index is -0.170. The van der Waals surface area contributed by atoms with Crippen molar-refractivity contribution in [1.82, 2.24) is 19.4 Å². The van der Waals surface area contributed by atoms with E-state index in [1.807, 2.05) is 54.2 Å². The molecule has 1 spiro atoms. The third-order valence-corrected chi connectivity index (χ3v) is 5.52. The smallest absolute Gasteiger partial charge is 0.270 e. The zero-order valence-electron chi connectivity index (χ0n) is 15.3. The van der Waals surface area contributed by atoms with Crippen molar-refractivity contribution in [3.63, 3.8) is 0 Å². The molecule has 0 aromatic carbocycles. The van der Waals surface area contributed by atoms with E-state index in [9.17, 15) is 4.79 Å². The molecule has 1 atom stereocenters. The zero-order valence-corrected chi connectivity index (χ0v) is 15.3. The van der Waals surface area contributed by atoms with Gasteiger partial charge in [-0.25, -0.2) is 9.97 Å². The molecule has 1 unspecified atom stereocenters. The highest BCUT2D eigenvalue weighted by Crippen LogP contribution is 2.42. The Morgan fingerprint density at radius 2 is 2.15 bits per heavy atom. The number of aromatic nitrogens is 3. The Kier molecular flexibility index (Phi) is 4.40. The van der Waals surface area contributed by atoms with Crippen LogP contribution in [0.2, 0.25) is 0 Å². The average molecular weight is 355 g/mol. The molecule has 4 rings (SSSR count). The largest absolute Gasteiger partial charge is 0.371 e. The standard InChI is InChI=1S/C19H25N5O2/c1-14-10-21-18(22-11-14)20-7-5-15-6-9-26-19(15)12-24(13-19)17(25)16-4-3-8-23(16)2/h3-4,8,10-11,15H,5-7,9,12-13H2,1-2H3,(H,20,21,22). The molecule has 7 nitrogen and oxygen atoms in total. The normalized spacial score (nSPS) is 21.0. The minimum absolute atomic E-state index is 0.0866. The number of nitrogens with zero attached hydrogens (tertiary/aromatic N) is 4. The first-order chi connectivity index (χ1) is 12.6. The molecule has 2 aromatic rings. The summed E-state index contributed by atoms with van der Waals surface area (Å²) in [6.45, 7) is 4.93. The molecule has 0 radical (unpaired) electrons. The highest BCUT2D eigenvalue weighted by atomic mass is 16.5. The fourth-order valence-corrected chi connectivity index (χ4v) is 3.97. The summed E-state index contributed by atoms with van der Waals surface area (Å²) in [4.78, 5) is 23.0. The number of nitrogens with one attached hydrogen (secondary N) is 1. The predicted molar refractivity (Wildman–Crippen MR) is 98.0 cm³/mol. The number of likely N-dealkylation sites (tertiary alicyclic amines) is 1. The third kappa shape index (κ3) is 3.07. The summed E-state index contributed by atoms with van der Waals surface area (Å²) in [5, 5.41) is 3.29. The van der Waals surface area contributed by atoms with Gasteiger partial charge in [0, 0.05) is 38.8 Å². The number of anilines is 1. The topological polar surface area (TPSA) is 72.3 Å². The maximum atomic E-state index is 12.6. The van der Waals surface area contributed by atoms with Crippen LogP contribution in [0.15, 0.2) is 30.7 Å². The Bertz CT molecular complexity index is 779. The van der Waals surface area contributed by atoms with Gasteiger partial charge in [0.2, 0.25) is 5.95 Å². The van der Waals surface area contributed by atoms with E-state index < -0.39 is 0 Å². The summed E-state index contributed by atoms with van der Waals surface area (Å²) in [5.74, 6) is 1.21. The zero-order chi connectivity index (χ0) is 18.1. The number of ether oxygens (including phenoxy) is 1. The lowest BCUT2D eigenvalue weighted by Crippen LogP contribution is -2.66. The molecule has 4 heterocycles. The van der Waals surface area contributed by atoms with Crippen molar-refractivity contribution in [3.8, 4) is 0 Å². The number of amides is 1. The maximum absolute atomic E-state index is 12.6. The first kappa shape index (κ1) is 17.0. The van der Waals surface area contributed by atoms with Gasteiger partial charge in [-0.05, 0) is 43.4 Å². The summed E-state index contributed by atoms with van der Waals surface area (Å²) in [7, 11) is 1.90. The van der Waals surface area contributed by atoms with Gasteiger partial charge < -0.3 is 19.5 Å². The first-order valence-electron chi connectivity index (χ1n) is 9.14. The Hall–Kier alpha value is -2.41. The van der Waals surface area contributed by atoms with Crippen molar-refractivity contribution in [2.45, 2.75) is 25.4 Å². The van der Waals surface area contributed by atoms with Crippen LogP contribution < -0.4 is 5.32 Å². The molecule has 0 aliphatic carbocycles. The van der Waals surface area contributed by atoms with Crippen LogP contribution in [0.25, 0.3) is 0 Å². The van der Waals surface area contributed by atoms with Crippen LogP contribution in [0.3, 0.4) is 0 Å². The Labute approximate surface area is 153 Å². The van der Waals surface area contributed by atoms with Crippen LogP contribution in [0.1, 0.15) is 28.9 Å². The summed E-state index contributed by atoms with van der Waals surface area (Å²) in [6, 6.07) is 3.77. The van der Waals surface area contributed by atoms with Crippen molar-refractivity contribution in [3.05, 3.63) is 42.0 Å². The van der Waals surface area contributed by atoms with E-state index in [1.54, 1.807) is 0 Å². The van der Waals surface area contributed by atoms with Crippen molar-refractivity contribution < 1.29 is 9.53 Å². The van der Waals surface area contributed by atoms with Gasteiger partial charge in [0.25, 0.3) is 5.91 Å². The summed E-state index contributed by atoms with van der Waals surface area (Å²) < 4.78 is 7.94. The third-order valence-electron chi connectivity index (χ3n) is 5.52. The Balaban J connectivity index is 1.31. The van der Waals surface area contributed by atoms with Gasteiger partial charge in [0.15, 0.2) is 0 Å². The molecule has 7 heteroatoms.